The molecule has 0 aliphatic heterocycles. The summed E-state index contributed by atoms with van der Waals surface area (Å²) in [6.45, 7) is 1.70. The van der Waals surface area contributed by atoms with Crippen molar-refractivity contribution in [3.05, 3.63) is 57.8 Å². The highest BCUT2D eigenvalue weighted by atomic mass is 79.9. The molecule has 0 radical (unpaired) electrons. The van der Waals surface area contributed by atoms with Crippen LogP contribution in [0, 0.1) is 24.1 Å². The molecule has 0 amide bonds. The lowest BCUT2D eigenvalue weighted by Gasteiger charge is -2.12. The van der Waals surface area contributed by atoms with E-state index >= 15 is 0 Å². The number of rotatable bonds is 2. The van der Waals surface area contributed by atoms with Crippen molar-refractivity contribution in [3.8, 4) is 6.07 Å². The normalized spacial score (nSPS) is 9.89. The van der Waals surface area contributed by atoms with Crippen LogP contribution in [0.3, 0.4) is 0 Å². The number of benzene rings is 2. The van der Waals surface area contributed by atoms with Crippen LogP contribution in [0.5, 0.6) is 0 Å². The predicted octanol–water partition coefficient (Wildman–Crippen LogP) is 4.51. The van der Waals surface area contributed by atoms with Crippen molar-refractivity contribution >= 4 is 27.3 Å². The molecule has 2 rings (SSSR count). The van der Waals surface area contributed by atoms with E-state index in [1.54, 1.807) is 31.2 Å². The maximum Gasteiger partial charge on any atom is 0.128 e. The van der Waals surface area contributed by atoms with Crippen LogP contribution in [0.25, 0.3) is 0 Å². The fourth-order valence-electron chi connectivity index (χ4n) is 1.63. The maximum atomic E-state index is 13.4. The van der Waals surface area contributed by atoms with Crippen molar-refractivity contribution in [2.24, 2.45) is 0 Å². The van der Waals surface area contributed by atoms with Crippen LogP contribution >= 0.6 is 15.9 Å². The van der Waals surface area contributed by atoms with Gasteiger partial charge in [0.05, 0.1) is 11.3 Å². The Bertz CT molecular complexity index is 632. The molecule has 0 heterocycles. The molecule has 0 fully saturated rings. The smallest absolute Gasteiger partial charge is 0.128 e. The minimum Gasteiger partial charge on any atom is -0.354 e. The third-order valence-corrected chi connectivity index (χ3v) is 3.32. The second-order valence-electron chi connectivity index (χ2n) is 3.81. The molecule has 4 heteroatoms. The van der Waals surface area contributed by atoms with Crippen LogP contribution in [0.4, 0.5) is 15.8 Å². The first-order valence-corrected chi connectivity index (χ1v) is 6.13. The molecule has 2 nitrogen and oxygen atoms in total. The molecule has 0 aliphatic carbocycles. The lowest BCUT2D eigenvalue weighted by atomic mass is 10.1. The Hall–Kier alpha value is -1.86. The number of hydrogen-bond donors (Lipinski definition) is 1. The van der Waals surface area contributed by atoms with Gasteiger partial charge in [-0.3, -0.25) is 0 Å². The standard InChI is InChI=1S/C14H10BrFN2/c1-9-12(16)5-3-6-13(9)18-14-7-2-4-11(15)10(14)8-17/h2-7,18H,1H3. The first kappa shape index (κ1) is 12.6. The molecule has 2 aromatic carbocycles. The van der Waals surface area contributed by atoms with Crippen molar-refractivity contribution in [1.29, 1.82) is 5.26 Å². The Morgan fingerprint density at radius 2 is 1.83 bits per heavy atom. The predicted molar refractivity (Wildman–Crippen MR) is 73.3 cm³/mol. The van der Waals surface area contributed by atoms with Gasteiger partial charge in [0.25, 0.3) is 0 Å². The molecule has 90 valence electrons. The Kier molecular flexibility index (Phi) is 3.63. The Balaban J connectivity index is 2.44. The number of anilines is 2. The zero-order chi connectivity index (χ0) is 13.1. The number of nitrogens with one attached hydrogen (secondary N) is 1. The minimum absolute atomic E-state index is 0.270. The number of nitriles is 1. The van der Waals surface area contributed by atoms with Gasteiger partial charge in [0, 0.05) is 15.7 Å². The summed E-state index contributed by atoms with van der Waals surface area (Å²) in [4.78, 5) is 0. The third-order valence-electron chi connectivity index (χ3n) is 2.66. The van der Waals surface area contributed by atoms with Gasteiger partial charge in [-0.15, -0.1) is 0 Å². The van der Waals surface area contributed by atoms with Crippen molar-refractivity contribution in [1.82, 2.24) is 0 Å². The lowest BCUT2D eigenvalue weighted by Crippen LogP contribution is -1.97. The Morgan fingerprint density at radius 1 is 1.17 bits per heavy atom. The number of nitrogens with zero attached hydrogens (tertiary/aromatic N) is 1. The van der Waals surface area contributed by atoms with Gasteiger partial charge in [0.1, 0.15) is 11.9 Å². The van der Waals surface area contributed by atoms with E-state index < -0.39 is 0 Å². The van der Waals surface area contributed by atoms with Crippen LogP contribution in [0.1, 0.15) is 11.1 Å². The Morgan fingerprint density at radius 3 is 2.56 bits per heavy atom. The quantitative estimate of drug-likeness (QED) is 0.886. The maximum absolute atomic E-state index is 13.4. The first-order chi connectivity index (χ1) is 8.63. The molecule has 2 aromatic rings. The molecular formula is C14H10BrFN2. The van der Waals surface area contributed by atoms with Crippen LogP contribution in [0.2, 0.25) is 0 Å². The van der Waals surface area contributed by atoms with Crippen molar-refractivity contribution in [2.45, 2.75) is 6.92 Å². The van der Waals surface area contributed by atoms with E-state index in [2.05, 4.69) is 27.3 Å². The summed E-state index contributed by atoms with van der Waals surface area (Å²) in [7, 11) is 0. The number of hydrogen-bond acceptors (Lipinski definition) is 2. The van der Waals surface area contributed by atoms with Gasteiger partial charge in [0.2, 0.25) is 0 Å². The summed E-state index contributed by atoms with van der Waals surface area (Å²) in [6.07, 6.45) is 0. The van der Waals surface area contributed by atoms with Crippen molar-refractivity contribution < 1.29 is 4.39 Å². The molecule has 1 N–H and O–H groups in total. The van der Waals surface area contributed by atoms with E-state index in [1.165, 1.54) is 6.07 Å². The molecule has 0 unspecified atom stereocenters. The molecular weight excluding hydrogens is 295 g/mol. The molecule has 0 bridgehead atoms. The van der Waals surface area contributed by atoms with Crippen LogP contribution in [0.15, 0.2) is 40.9 Å². The van der Waals surface area contributed by atoms with E-state index in [0.29, 0.717) is 27.0 Å². The van der Waals surface area contributed by atoms with E-state index in [9.17, 15) is 4.39 Å². The van der Waals surface area contributed by atoms with Crippen LogP contribution < -0.4 is 5.32 Å². The average molecular weight is 305 g/mol. The fraction of sp³-hybridized carbons (Fsp3) is 0.0714. The summed E-state index contributed by atoms with van der Waals surface area (Å²) in [5, 5.41) is 12.2. The van der Waals surface area contributed by atoms with Gasteiger partial charge < -0.3 is 5.32 Å². The Labute approximate surface area is 113 Å². The van der Waals surface area contributed by atoms with Gasteiger partial charge in [0.15, 0.2) is 0 Å². The first-order valence-electron chi connectivity index (χ1n) is 5.34. The molecule has 0 aliphatic rings. The van der Waals surface area contributed by atoms with E-state index in [-0.39, 0.29) is 5.82 Å². The summed E-state index contributed by atoms with van der Waals surface area (Å²) in [6, 6.07) is 12.3. The zero-order valence-electron chi connectivity index (χ0n) is 9.67. The highest BCUT2D eigenvalue weighted by Crippen LogP contribution is 2.28. The van der Waals surface area contributed by atoms with Gasteiger partial charge >= 0.3 is 0 Å². The molecule has 0 atom stereocenters. The van der Waals surface area contributed by atoms with E-state index in [0.717, 1.165) is 0 Å². The minimum atomic E-state index is -0.270. The zero-order valence-corrected chi connectivity index (χ0v) is 11.3. The summed E-state index contributed by atoms with van der Waals surface area (Å²) >= 11 is 3.32. The highest BCUT2D eigenvalue weighted by molar-refractivity contribution is 9.10. The third kappa shape index (κ3) is 2.36. The van der Waals surface area contributed by atoms with Gasteiger partial charge in [-0.2, -0.15) is 5.26 Å². The van der Waals surface area contributed by atoms with Crippen LogP contribution in [-0.2, 0) is 0 Å². The van der Waals surface area contributed by atoms with E-state index in [1.807, 2.05) is 6.07 Å². The fourth-order valence-corrected chi connectivity index (χ4v) is 2.08. The molecule has 0 saturated heterocycles. The van der Waals surface area contributed by atoms with Crippen molar-refractivity contribution in [2.75, 3.05) is 5.32 Å². The van der Waals surface area contributed by atoms with E-state index in [4.69, 9.17) is 5.26 Å². The van der Waals surface area contributed by atoms with Crippen molar-refractivity contribution in [3.63, 3.8) is 0 Å². The summed E-state index contributed by atoms with van der Waals surface area (Å²) in [5.41, 5.74) is 2.34. The van der Waals surface area contributed by atoms with Gasteiger partial charge in [-0.1, -0.05) is 12.1 Å². The number of halogens is 2. The molecule has 18 heavy (non-hydrogen) atoms. The largest absolute Gasteiger partial charge is 0.354 e. The van der Waals surface area contributed by atoms with Gasteiger partial charge in [-0.05, 0) is 47.1 Å². The van der Waals surface area contributed by atoms with Crippen LogP contribution in [-0.4, -0.2) is 0 Å². The lowest BCUT2D eigenvalue weighted by molar-refractivity contribution is 0.619. The highest BCUT2D eigenvalue weighted by Gasteiger charge is 2.08. The second-order valence-corrected chi connectivity index (χ2v) is 4.67. The summed E-state index contributed by atoms with van der Waals surface area (Å²) < 4.78 is 14.1. The van der Waals surface area contributed by atoms with Gasteiger partial charge in [-0.25, -0.2) is 4.39 Å². The molecule has 0 spiro atoms. The SMILES string of the molecule is Cc1c(F)cccc1Nc1cccc(Br)c1C#N. The average Bonchev–Trinajstić information content (AvgIpc) is 2.35. The molecule has 0 aromatic heterocycles. The monoisotopic (exact) mass is 304 g/mol. The topological polar surface area (TPSA) is 35.8 Å². The molecule has 0 saturated carbocycles. The second kappa shape index (κ2) is 5.19. The summed E-state index contributed by atoms with van der Waals surface area (Å²) in [5.74, 6) is -0.270.